The standard InChI is InChI=1S/C24H27N3O/c1-2-3-4-5-6-9-16-28-21-14-12-19(13-15-21)17-20(18-25)24-26-22-10-7-8-11-23(22)27-24/h7-8,10-15,17H,2-6,9,16H2,1H3,(H,26,27)/b20-17-. The zero-order valence-electron chi connectivity index (χ0n) is 16.4. The van der Waals surface area contributed by atoms with Crippen molar-refractivity contribution in [3.8, 4) is 11.8 Å². The number of allylic oxidation sites excluding steroid dienone is 1. The minimum absolute atomic E-state index is 0.511. The van der Waals surface area contributed by atoms with E-state index in [0.29, 0.717) is 11.4 Å². The lowest BCUT2D eigenvalue weighted by Gasteiger charge is -2.06. The Morgan fingerprint density at radius 1 is 1.04 bits per heavy atom. The van der Waals surface area contributed by atoms with E-state index in [2.05, 4.69) is 23.0 Å². The lowest BCUT2D eigenvalue weighted by Crippen LogP contribution is -1.97. The number of hydrogen-bond acceptors (Lipinski definition) is 3. The Hall–Kier alpha value is -3.06. The van der Waals surface area contributed by atoms with Gasteiger partial charge in [0.2, 0.25) is 0 Å². The molecule has 28 heavy (non-hydrogen) atoms. The normalized spacial score (nSPS) is 11.5. The zero-order chi connectivity index (χ0) is 19.6. The summed E-state index contributed by atoms with van der Waals surface area (Å²) in [4.78, 5) is 7.71. The molecule has 144 valence electrons. The number of benzene rings is 2. The number of aromatic amines is 1. The van der Waals surface area contributed by atoms with Crippen molar-refractivity contribution in [3.05, 3.63) is 59.9 Å². The van der Waals surface area contributed by atoms with E-state index in [1.165, 1.54) is 32.1 Å². The Kier molecular flexibility index (Phi) is 7.26. The van der Waals surface area contributed by atoms with Crippen molar-refractivity contribution in [2.45, 2.75) is 45.4 Å². The van der Waals surface area contributed by atoms with E-state index in [4.69, 9.17) is 4.74 Å². The van der Waals surface area contributed by atoms with Gasteiger partial charge in [-0.2, -0.15) is 5.26 Å². The molecular formula is C24H27N3O. The highest BCUT2D eigenvalue weighted by atomic mass is 16.5. The fourth-order valence-electron chi connectivity index (χ4n) is 3.13. The number of fused-ring (bicyclic) bond motifs is 1. The predicted octanol–water partition coefficient (Wildman–Crippen LogP) is 6.37. The molecule has 0 radical (unpaired) electrons. The number of nitrogens with one attached hydrogen (secondary N) is 1. The number of nitrogens with zero attached hydrogens (tertiary/aromatic N) is 2. The zero-order valence-corrected chi connectivity index (χ0v) is 16.4. The summed E-state index contributed by atoms with van der Waals surface area (Å²) in [6, 6.07) is 17.9. The summed E-state index contributed by atoms with van der Waals surface area (Å²) in [7, 11) is 0. The maximum atomic E-state index is 9.54. The van der Waals surface area contributed by atoms with Gasteiger partial charge in [-0.3, -0.25) is 0 Å². The lowest BCUT2D eigenvalue weighted by molar-refractivity contribution is 0.304. The smallest absolute Gasteiger partial charge is 0.149 e. The van der Waals surface area contributed by atoms with Gasteiger partial charge < -0.3 is 9.72 Å². The van der Waals surface area contributed by atoms with Gasteiger partial charge in [0.25, 0.3) is 0 Å². The third-order valence-corrected chi connectivity index (χ3v) is 4.72. The van der Waals surface area contributed by atoms with E-state index in [1.807, 2.05) is 54.6 Å². The largest absolute Gasteiger partial charge is 0.494 e. The first-order valence-corrected chi connectivity index (χ1v) is 10.1. The van der Waals surface area contributed by atoms with Crippen LogP contribution in [0.1, 0.15) is 56.8 Å². The average Bonchev–Trinajstić information content (AvgIpc) is 3.16. The van der Waals surface area contributed by atoms with Crippen molar-refractivity contribution >= 4 is 22.7 Å². The van der Waals surface area contributed by atoms with E-state index in [1.54, 1.807) is 0 Å². The Balaban J connectivity index is 1.57. The van der Waals surface area contributed by atoms with E-state index < -0.39 is 0 Å². The Morgan fingerprint density at radius 2 is 1.79 bits per heavy atom. The topological polar surface area (TPSA) is 61.7 Å². The van der Waals surface area contributed by atoms with Crippen molar-refractivity contribution in [1.29, 1.82) is 5.26 Å². The summed E-state index contributed by atoms with van der Waals surface area (Å²) in [5.74, 6) is 1.46. The number of H-pyrrole nitrogens is 1. The molecule has 4 heteroatoms. The molecule has 0 amide bonds. The highest BCUT2D eigenvalue weighted by molar-refractivity contribution is 5.90. The SMILES string of the molecule is CCCCCCCCOc1ccc(/C=C(/C#N)c2nc3ccccc3[nH]2)cc1. The number of unbranched alkanes of at least 4 members (excludes halogenated alkanes) is 5. The van der Waals surface area contributed by atoms with Crippen LogP contribution in [0.5, 0.6) is 5.75 Å². The van der Waals surface area contributed by atoms with Gasteiger partial charge in [0, 0.05) is 0 Å². The number of aromatic nitrogens is 2. The molecule has 0 spiro atoms. The molecular weight excluding hydrogens is 346 g/mol. The maximum Gasteiger partial charge on any atom is 0.149 e. The highest BCUT2D eigenvalue weighted by Gasteiger charge is 2.07. The third kappa shape index (κ3) is 5.47. The molecule has 2 aromatic carbocycles. The van der Waals surface area contributed by atoms with Crippen molar-refractivity contribution in [1.82, 2.24) is 9.97 Å². The number of ether oxygens (including phenoxy) is 1. The highest BCUT2D eigenvalue weighted by Crippen LogP contribution is 2.20. The number of rotatable bonds is 10. The second kappa shape index (κ2) is 10.3. The minimum Gasteiger partial charge on any atom is -0.494 e. The van der Waals surface area contributed by atoms with Crippen LogP contribution in [-0.2, 0) is 0 Å². The van der Waals surface area contributed by atoms with Crippen LogP contribution in [0.3, 0.4) is 0 Å². The predicted molar refractivity (Wildman–Crippen MR) is 115 cm³/mol. The number of para-hydroxylation sites is 2. The minimum atomic E-state index is 0.511. The first kappa shape index (κ1) is 19.7. The van der Waals surface area contributed by atoms with Crippen molar-refractivity contribution in [2.24, 2.45) is 0 Å². The molecule has 1 heterocycles. The van der Waals surface area contributed by atoms with Crippen LogP contribution in [0.15, 0.2) is 48.5 Å². The summed E-state index contributed by atoms with van der Waals surface area (Å²) in [5.41, 5.74) is 3.25. The molecule has 1 N–H and O–H groups in total. The van der Waals surface area contributed by atoms with Gasteiger partial charge >= 0.3 is 0 Å². The Morgan fingerprint density at radius 3 is 2.54 bits per heavy atom. The summed E-state index contributed by atoms with van der Waals surface area (Å²) in [6.07, 6.45) is 9.38. The summed E-state index contributed by atoms with van der Waals surface area (Å²) >= 11 is 0. The van der Waals surface area contributed by atoms with Gasteiger partial charge in [-0.15, -0.1) is 0 Å². The summed E-state index contributed by atoms with van der Waals surface area (Å²) < 4.78 is 5.82. The molecule has 0 saturated carbocycles. The molecule has 3 rings (SSSR count). The van der Waals surface area contributed by atoms with Crippen molar-refractivity contribution in [2.75, 3.05) is 6.61 Å². The van der Waals surface area contributed by atoms with Gasteiger partial charge in [0.1, 0.15) is 17.6 Å². The van der Waals surface area contributed by atoms with Gasteiger partial charge in [0.05, 0.1) is 23.2 Å². The quantitative estimate of drug-likeness (QED) is 0.332. The maximum absolute atomic E-state index is 9.54. The van der Waals surface area contributed by atoms with Gasteiger partial charge in [-0.1, -0.05) is 63.3 Å². The molecule has 0 aliphatic carbocycles. The van der Waals surface area contributed by atoms with Crippen LogP contribution in [0.4, 0.5) is 0 Å². The van der Waals surface area contributed by atoms with Crippen LogP contribution < -0.4 is 4.74 Å². The molecule has 1 aromatic heterocycles. The second-order valence-corrected chi connectivity index (χ2v) is 6.96. The Bertz CT molecular complexity index is 915. The van der Waals surface area contributed by atoms with E-state index in [9.17, 15) is 5.26 Å². The fraction of sp³-hybridized carbons (Fsp3) is 0.333. The fourth-order valence-corrected chi connectivity index (χ4v) is 3.13. The molecule has 0 fully saturated rings. The molecule has 4 nitrogen and oxygen atoms in total. The third-order valence-electron chi connectivity index (χ3n) is 4.72. The first-order valence-electron chi connectivity index (χ1n) is 10.1. The lowest BCUT2D eigenvalue weighted by atomic mass is 10.1. The van der Waals surface area contributed by atoms with E-state index in [0.717, 1.165) is 35.4 Å². The van der Waals surface area contributed by atoms with Crippen molar-refractivity contribution < 1.29 is 4.74 Å². The monoisotopic (exact) mass is 373 g/mol. The van der Waals surface area contributed by atoms with E-state index >= 15 is 0 Å². The van der Waals surface area contributed by atoms with Crippen LogP contribution in [0.2, 0.25) is 0 Å². The summed E-state index contributed by atoms with van der Waals surface area (Å²) in [6.45, 7) is 2.99. The van der Waals surface area contributed by atoms with Crippen molar-refractivity contribution in [3.63, 3.8) is 0 Å². The van der Waals surface area contributed by atoms with E-state index in [-0.39, 0.29) is 0 Å². The van der Waals surface area contributed by atoms with Gasteiger partial charge in [-0.25, -0.2) is 4.98 Å². The van der Waals surface area contributed by atoms with Crippen LogP contribution in [0, 0.1) is 11.3 Å². The molecule has 0 aliphatic heterocycles. The molecule has 0 aliphatic rings. The number of hydrogen-bond donors (Lipinski definition) is 1. The summed E-state index contributed by atoms with van der Waals surface area (Å²) in [5, 5.41) is 9.54. The molecule has 0 unspecified atom stereocenters. The first-order chi connectivity index (χ1) is 13.8. The van der Waals surface area contributed by atoms with Gasteiger partial charge in [0.15, 0.2) is 0 Å². The Labute approximate surface area is 166 Å². The number of nitriles is 1. The van der Waals surface area contributed by atoms with Crippen LogP contribution in [0.25, 0.3) is 22.7 Å². The molecule has 0 bridgehead atoms. The van der Waals surface area contributed by atoms with Gasteiger partial charge in [-0.05, 0) is 42.3 Å². The molecule has 0 saturated heterocycles. The van der Waals surface area contributed by atoms with Crippen LogP contribution in [-0.4, -0.2) is 16.6 Å². The average molecular weight is 374 g/mol. The molecule has 0 atom stereocenters. The second-order valence-electron chi connectivity index (χ2n) is 6.96. The van der Waals surface area contributed by atoms with Crippen LogP contribution >= 0.6 is 0 Å². The molecule has 3 aromatic rings. The number of imidazole rings is 1.